The topological polar surface area (TPSA) is 60.4 Å². The van der Waals surface area contributed by atoms with Crippen molar-refractivity contribution in [2.24, 2.45) is 0 Å². The summed E-state index contributed by atoms with van der Waals surface area (Å²) in [5.41, 5.74) is 0.998. The van der Waals surface area contributed by atoms with Crippen molar-refractivity contribution >= 4 is 15.8 Å². The molecule has 0 aliphatic carbocycles. The van der Waals surface area contributed by atoms with E-state index in [1.54, 1.807) is 24.3 Å². The molecule has 0 unspecified atom stereocenters. The summed E-state index contributed by atoms with van der Waals surface area (Å²) in [5.74, 6) is -0.444. The van der Waals surface area contributed by atoms with Gasteiger partial charge in [0.2, 0.25) is 0 Å². The van der Waals surface area contributed by atoms with Crippen LogP contribution in [-0.4, -0.2) is 26.2 Å². The molecule has 0 aromatic heterocycles. The van der Waals surface area contributed by atoms with E-state index in [-0.39, 0.29) is 17.9 Å². The fourth-order valence-electron chi connectivity index (χ4n) is 1.61. The molecule has 0 radical (unpaired) electrons. The quantitative estimate of drug-likeness (QED) is 0.726. The summed E-state index contributed by atoms with van der Waals surface area (Å²) < 4.78 is 28.8. The van der Waals surface area contributed by atoms with Crippen molar-refractivity contribution in [3.63, 3.8) is 0 Å². The van der Waals surface area contributed by atoms with Gasteiger partial charge in [0.15, 0.2) is 9.84 Å². The molecule has 16 heavy (non-hydrogen) atoms. The summed E-state index contributed by atoms with van der Waals surface area (Å²) in [6, 6.07) is 6.61. The van der Waals surface area contributed by atoms with Crippen LogP contribution in [0.3, 0.4) is 0 Å². The van der Waals surface area contributed by atoms with Gasteiger partial charge < -0.3 is 4.74 Å². The SMILES string of the molecule is Cc1ccc(S(=O)(=O)[C@@H]2COC(=O)C2)cc1. The fraction of sp³-hybridized carbons (Fsp3) is 0.364. The van der Waals surface area contributed by atoms with Gasteiger partial charge in [0.1, 0.15) is 11.9 Å². The Kier molecular flexibility index (Phi) is 2.71. The van der Waals surface area contributed by atoms with Crippen molar-refractivity contribution in [2.45, 2.75) is 23.5 Å². The van der Waals surface area contributed by atoms with Gasteiger partial charge in [-0.3, -0.25) is 4.79 Å². The number of cyclic esters (lactones) is 1. The molecule has 1 atom stereocenters. The second-order valence-corrected chi connectivity index (χ2v) is 6.10. The molecule has 0 saturated carbocycles. The number of rotatable bonds is 2. The van der Waals surface area contributed by atoms with Crippen LogP contribution < -0.4 is 0 Å². The van der Waals surface area contributed by atoms with Gasteiger partial charge in [-0.25, -0.2) is 8.42 Å². The first-order chi connectivity index (χ1) is 7.50. The molecule has 1 saturated heterocycles. The molecule has 1 aliphatic rings. The molecule has 1 aliphatic heterocycles. The lowest BCUT2D eigenvalue weighted by Crippen LogP contribution is -2.21. The van der Waals surface area contributed by atoms with Crippen molar-refractivity contribution in [1.29, 1.82) is 0 Å². The second kappa shape index (κ2) is 3.90. The number of sulfone groups is 1. The molecule has 1 fully saturated rings. The van der Waals surface area contributed by atoms with Crippen LogP contribution in [0.25, 0.3) is 0 Å². The molecule has 0 amide bonds. The van der Waals surface area contributed by atoms with Crippen LogP contribution in [0.4, 0.5) is 0 Å². The van der Waals surface area contributed by atoms with Crippen molar-refractivity contribution in [3.8, 4) is 0 Å². The summed E-state index contributed by atoms with van der Waals surface area (Å²) in [7, 11) is -3.43. The zero-order valence-electron chi connectivity index (χ0n) is 8.84. The number of esters is 1. The maximum Gasteiger partial charge on any atom is 0.307 e. The molecule has 86 valence electrons. The Morgan fingerprint density at radius 3 is 2.38 bits per heavy atom. The third-order valence-corrected chi connectivity index (χ3v) is 4.72. The number of ether oxygens (including phenoxy) is 1. The monoisotopic (exact) mass is 240 g/mol. The standard InChI is InChI=1S/C11H12O4S/c1-8-2-4-9(5-3-8)16(13,14)10-6-11(12)15-7-10/h2-5,10H,6-7H2,1H3/t10-/m0/s1. The minimum absolute atomic E-state index is 0.0327. The number of hydrogen-bond acceptors (Lipinski definition) is 4. The Morgan fingerprint density at radius 1 is 1.25 bits per heavy atom. The van der Waals surface area contributed by atoms with Crippen LogP contribution in [-0.2, 0) is 19.4 Å². The van der Waals surface area contributed by atoms with Crippen LogP contribution in [0.1, 0.15) is 12.0 Å². The van der Waals surface area contributed by atoms with E-state index < -0.39 is 21.1 Å². The summed E-state index contributed by atoms with van der Waals surface area (Å²) in [5, 5.41) is -0.734. The molecule has 0 N–H and O–H groups in total. The van der Waals surface area contributed by atoms with Crippen molar-refractivity contribution in [3.05, 3.63) is 29.8 Å². The van der Waals surface area contributed by atoms with E-state index in [0.29, 0.717) is 0 Å². The Balaban J connectivity index is 2.32. The van der Waals surface area contributed by atoms with Gasteiger partial charge in [0, 0.05) is 0 Å². The number of carbonyl (C=O) groups excluding carboxylic acids is 1. The maximum absolute atomic E-state index is 12.1. The highest BCUT2D eigenvalue weighted by Crippen LogP contribution is 2.23. The van der Waals surface area contributed by atoms with Crippen LogP contribution in [0.2, 0.25) is 0 Å². The van der Waals surface area contributed by atoms with Crippen LogP contribution in [0.5, 0.6) is 0 Å². The maximum atomic E-state index is 12.1. The minimum atomic E-state index is -3.43. The zero-order valence-corrected chi connectivity index (χ0v) is 9.66. The average molecular weight is 240 g/mol. The van der Waals surface area contributed by atoms with Gasteiger partial charge in [-0.2, -0.15) is 0 Å². The minimum Gasteiger partial charge on any atom is -0.464 e. The highest BCUT2D eigenvalue weighted by Gasteiger charge is 2.35. The largest absolute Gasteiger partial charge is 0.464 e. The Hall–Kier alpha value is -1.36. The lowest BCUT2D eigenvalue weighted by atomic mass is 10.2. The van der Waals surface area contributed by atoms with Crippen LogP contribution in [0, 0.1) is 6.92 Å². The summed E-state index contributed by atoms with van der Waals surface area (Å²) >= 11 is 0. The molecule has 1 aromatic carbocycles. The number of aryl methyl sites for hydroxylation is 1. The first-order valence-corrected chi connectivity index (χ1v) is 6.51. The third-order valence-electron chi connectivity index (χ3n) is 2.61. The second-order valence-electron chi connectivity index (χ2n) is 3.87. The average Bonchev–Trinajstić information content (AvgIpc) is 2.66. The number of hydrogen-bond donors (Lipinski definition) is 0. The van der Waals surface area contributed by atoms with E-state index in [9.17, 15) is 13.2 Å². The van der Waals surface area contributed by atoms with Gasteiger partial charge in [0.25, 0.3) is 0 Å². The molecule has 5 heteroatoms. The predicted octanol–water partition coefficient (Wildman–Crippen LogP) is 1.08. The molecular formula is C11H12O4S. The first kappa shape index (κ1) is 11.1. The lowest BCUT2D eigenvalue weighted by molar-refractivity contribution is -0.137. The van der Waals surface area contributed by atoms with Crippen molar-refractivity contribution < 1.29 is 17.9 Å². The summed E-state index contributed by atoms with van der Waals surface area (Å²) in [6.07, 6.45) is -0.0454. The number of benzene rings is 1. The van der Waals surface area contributed by atoms with E-state index in [2.05, 4.69) is 4.74 Å². The summed E-state index contributed by atoms with van der Waals surface area (Å²) in [6.45, 7) is 1.85. The molecular weight excluding hydrogens is 228 g/mol. The van der Waals surface area contributed by atoms with Crippen LogP contribution >= 0.6 is 0 Å². The molecule has 0 bridgehead atoms. The lowest BCUT2D eigenvalue weighted by Gasteiger charge is -2.08. The Morgan fingerprint density at radius 2 is 1.88 bits per heavy atom. The summed E-state index contributed by atoms with van der Waals surface area (Å²) in [4.78, 5) is 11.2. The van der Waals surface area contributed by atoms with E-state index in [1.807, 2.05) is 6.92 Å². The van der Waals surface area contributed by atoms with Gasteiger partial charge >= 0.3 is 5.97 Å². The smallest absolute Gasteiger partial charge is 0.307 e. The van der Waals surface area contributed by atoms with Gasteiger partial charge in [0.05, 0.1) is 11.3 Å². The van der Waals surface area contributed by atoms with E-state index >= 15 is 0 Å². The van der Waals surface area contributed by atoms with Gasteiger partial charge in [-0.15, -0.1) is 0 Å². The zero-order chi connectivity index (χ0) is 11.8. The highest BCUT2D eigenvalue weighted by atomic mass is 32.2. The Bertz CT molecular complexity index is 501. The van der Waals surface area contributed by atoms with E-state index in [0.717, 1.165) is 5.56 Å². The van der Waals surface area contributed by atoms with E-state index in [1.165, 1.54) is 0 Å². The van der Waals surface area contributed by atoms with E-state index in [4.69, 9.17) is 0 Å². The molecule has 4 nitrogen and oxygen atoms in total. The molecule has 0 spiro atoms. The number of carbonyl (C=O) groups is 1. The van der Waals surface area contributed by atoms with Crippen molar-refractivity contribution in [2.75, 3.05) is 6.61 Å². The van der Waals surface area contributed by atoms with Gasteiger partial charge in [-0.1, -0.05) is 17.7 Å². The molecule has 1 aromatic rings. The normalized spacial score (nSPS) is 20.8. The highest BCUT2D eigenvalue weighted by molar-refractivity contribution is 7.92. The van der Waals surface area contributed by atoms with Crippen molar-refractivity contribution in [1.82, 2.24) is 0 Å². The first-order valence-electron chi connectivity index (χ1n) is 4.96. The Labute approximate surface area is 94.2 Å². The van der Waals surface area contributed by atoms with Crippen LogP contribution in [0.15, 0.2) is 29.2 Å². The molecule has 2 rings (SSSR count). The fourth-order valence-corrected chi connectivity index (χ4v) is 3.11. The predicted molar refractivity (Wildman–Crippen MR) is 57.7 cm³/mol. The third kappa shape index (κ3) is 1.95. The molecule has 1 heterocycles. The van der Waals surface area contributed by atoms with Gasteiger partial charge in [-0.05, 0) is 19.1 Å².